The van der Waals surface area contributed by atoms with Crippen LogP contribution in [0.5, 0.6) is 0 Å². The van der Waals surface area contributed by atoms with Crippen LogP contribution in [-0.4, -0.2) is 76.5 Å². The number of hydrogen-bond donors (Lipinski definition) is 1. The van der Waals surface area contributed by atoms with Gasteiger partial charge in [-0.05, 0) is 71.6 Å². The molecule has 1 aliphatic heterocycles. The highest BCUT2D eigenvalue weighted by atomic mass is 35.5. The highest BCUT2D eigenvalue weighted by Crippen LogP contribution is 2.32. The van der Waals surface area contributed by atoms with E-state index in [4.69, 9.17) is 21.1 Å². The number of ether oxygens (including phenoxy) is 2. The van der Waals surface area contributed by atoms with Crippen molar-refractivity contribution in [1.82, 2.24) is 9.80 Å². The van der Waals surface area contributed by atoms with Crippen molar-refractivity contribution in [2.24, 2.45) is 11.8 Å². The van der Waals surface area contributed by atoms with Gasteiger partial charge in [0, 0.05) is 30.6 Å². The maximum atomic E-state index is 13.0. The lowest BCUT2D eigenvalue weighted by molar-refractivity contribution is -0.255. The van der Waals surface area contributed by atoms with Gasteiger partial charge in [-0.15, -0.1) is 0 Å². The highest BCUT2D eigenvalue weighted by molar-refractivity contribution is 6.30. The molecule has 2 fully saturated rings. The Bertz CT molecular complexity index is 1010. The molecule has 0 aromatic heterocycles. The standard InChI is InChI=1S/C26H48N2O5.C7H5ClO2/c1-25(2,3)32-23(30)27-16-13-17-28(24(31)33-26(4,5)6)19-22(29)21(18-27)20-14-11-9-7-8-10-12-15-20;8-6-3-1-5(2-4-6)7(9)10/h20-22,29H,7-19H2,1-6H3;1-4H,(H,9,10)/p-1. The van der Waals surface area contributed by atoms with Crippen LogP contribution < -0.4 is 5.11 Å². The minimum atomic E-state index is -1.18. The lowest BCUT2D eigenvalue weighted by Crippen LogP contribution is -2.47. The number of carbonyl (C=O) groups excluding carboxylic acids is 3. The predicted octanol–water partition coefficient (Wildman–Crippen LogP) is 6.30. The van der Waals surface area contributed by atoms with E-state index in [0.29, 0.717) is 37.0 Å². The van der Waals surface area contributed by atoms with Gasteiger partial charge < -0.3 is 34.3 Å². The average molecular weight is 624 g/mol. The summed E-state index contributed by atoms with van der Waals surface area (Å²) in [4.78, 5) is 39.4. The molecule has 2 atom stereocenters. The van der Waals surface area contributed by atoms with E-state index in [1.165, 1.54) is 49.9 Å². The lowest BCUT2D eigenvalue weighted by Gasteiger charge is -2.36. The lowest BCUT2D eigenvalue weighted by atomic mass is 9.80. The summed E-state index contributed by atoms with van der Waals surface area (Å²) in [6.45, 7) is 12.8. The second kappa shape index (κ2) is 17.1. The number of β-amino-alcohol motifs (C(OH)–C–C–N with tert-alkyl or cyclic N) is 1. The predicted molar refractivity (Wildman–Crippen MR) is 166 cm³/mol. The summed E-state index contributed by atoms with van der Waals surface area (Å²) in [5, 5.41) is 22.1. The topological polar surface area (TPSA) is 119 Å². The van der Waals surface area contributed by atoms with Gasteiger partial charge in [0.05, 0.1) is 18.6 Å². The Morgan fingerprint density at radius 3 is 1.65 bits per heavy atom. The first-order chi connectivity index (χ1) is 20.1. The minimum absolute atomic E-state index is 0.0985. The molecule has 9 nitrogen and oxygen atoms in total. The third-order valence-electron chi connectivity index (χ3n) is 7.58. The number of hydrogen-bond acceptors (Lipinski definition) is 7. The van der Waals surface area contributed by atoms with Gasteiger partial charge in [0.1, 0.15) is 11.2 Å². The first kappa shape index (κ1) is 36.7. The van der Waals surface area contributed by atoms with Gasteiger partial charge in [0.2, 0.25) is 0 Å². The van der Waals surface area contributed by atoms with Crippen LogP contribution in [0.25, 0.3) is 0 Å². The molecule has 43 heavy (non-hydrogen) atoms. The molecule has 0 spiro atoms. The molecule has 2 aliphatic rings. The first-order valence-electron chi connectivity index (χ1n) is 15.7. The number of aromatic carboxylic acids is 1. The summed E-state index contributed by atoms with van der Waals surface area (Å²) < 4.78 is 11.3. The van der Waals surface area contributed by atoms with Gasteiger partial charge >= 0.3 is 12.2 Å². The molecule has 1 heterocycles. The van der Waals surface area contributed by atoms with Crippen molar-refractivity contribution < 1.29 is 34.1 Å². The number of carbonyl (C=O) groups is 3. The number of benzene rings is 1. The Balaban J connectivity index is 0.000000543. The van der Waals surface area contributed by atoms with E-state index >= 15 is 0 Å². The van der Waals surface area contributed by atoms with E-state index in [0.717, 1.165) is 25.7 Å². The Morgan fingerprint density at radius 2 is 1.21 bits per heavy atom. The van der Waals surface area contributed by atoms with Crippen LogP contribution in [0.1, 0.15) is 110 Å². The molecule has 1 aliphatic carbocycles. The molecular formula is C33H52ClN2O7-. The number of halogens is 1. The van der Waals surface area contributed by atoms with Gasteiger partial charge in [-0.2, -0.15) is 0 Å². The van der Waals surface area contributed by atoms with E-state index in [9.17, 15) is 24.6 Å². The van der Waals surface area contributed by atoms with Crippen LogP contribution >= 0.6 is 11.6 Å². The average Bonchev–Trinajstić information content (AvgIpc) is 3.07. The van der Waals surface area contributed by atoms with E-state index in [1.54, 1.807) is 9.80 Å². The van der Waals surface area contributed by atoms with Crippen molar-refractivity contribution >= 4 is 29.8 Å². The second-order valence-corrected chi connectivity index (χ2v) is 14.1. The van der Waals surface area contributed by atoms with Crippen LogP contribution in [-0.2, 0) is 9.47 Å². The summed E-state index contributed by atoms with van der Waals surface area (Å²) in [6, 6.07) is 5.81. The van der Waals surface area contributed by atoms with E-state index in [-0.39, 0.29) is 24.1 Å². The maximum Gasteiger partial charge on any atom is 0.410 e. The van der Waals surface area contributed by atoms with Crippen molar-refractivity contribution in [2.45, 2.75) is 117 Å². The van der Waals surface area contributed by atoms with E-state index in [1.807, 2.05) is 41.5 Å². The molecule has 1 aromatic carbocycles. The molecule has 1 saturated heterocycles. The molecule has 2 unspecified atom stereocenters. The number of amides is 2. The maximum absolute atomic E-state index is 13.0. The molecule has 2 amide bonds. The summed E-state index contributed by atoms with van der Waals surface area (Å²) in [5.74, 6) is -0.961. The largest absolute Gasteiger partial charge is 0.545 e. The van der Waals surface area contributed by atoms with Crippen LogP contribution in [0.15, 0.2) is 24.3 Å². The number of nitrogens with zero attached hydrogens (tertiary/aromatic N) is 2. The Labute approximate surface area is 262 Å². The van der Waals surface area contributed by atoms with Crippen LogP contribution in [0.4, 0.5) is 9.59 Å². The molecule has 0 bridgehead atoms. The Hall–Kier alpha value is -2.52. The molecule has 1 saturated carbocycles. The van der Waals surface area contributed by atoms with Crippen molar-refractivity contribution in [1.29, 1.82) is 0 Å². The number of carboxylic acid groups (broad SMARTS) is 1. The minimum Gasteiger partial charge on any atom is -0.545 e. The van der Waals surface area contributed by atoms with Crippen molar-refractivity contribution in [3.8, 4) is 0 Å². The van der Waals surface area contributed by atoms with Crippen LogP contribution in [0.3, 0.4) is 0 Å². The Kier molecular flexibility index (Phi) is 14.6. The number of rotatable bonds is 2. The molecule has 0 radical (unpaired) electrons. The van der Waals surface area contributed by atoms with E-state index < -0.39 is 29.4 Å². The summed E-state index contributed by atoms with van der Waals surface area (Å²) in [7, 11) is 0. The number of carboxylic acids is 1. The van der Waals surface area contributed by atoms with Gasteiger partial charge in [-0.25, -0.2) is 9.59 Å². The normalized spacial score (nSPS) is 21.4. The zero-order valence-electron chi connectivity index (χ0n) is 26.9. The van der Waals surface area contributed by atoms with Crippen LogP contribution in [0, 0.1) is 11.8 Å². The molecule has 10 heteroatoms. The summed E-state index contributed by atoms with van der Waals surface area (Å²) in [6.07, 6.45) is 8.55. The Morgan fingerprint density at radius 1 is 0.767 bits per heavy atom. The van der Waals surface area contributed by atoms with Crippen molar-refractivity contribution in [2.75, 3.05) is 26.2 Å². The van der Waals surface area contributed by atoms with Gasteiger partial charge in [0.25, 0.3) is 0 Å². The molecule has 1 aromatic rings. The first-order valence-corrected chi connectivity index (χ1v) is 16.0. The molecule has 244 valence electrons. The third kappa shape index (κ3) is 14.2. The SMILES string of the molecule is CC(C)(C)OC(=O)N1CCCN(C(=O)OC(C)(C)C)CC(C2CCCCCCCC2)C(O)C1.O=C([O-])c1ccc(Cl)cc1. The van der Waals surface area contributed by atoms with Crippen LogP contribution in [0.2, 0.25) is 5.02 Å². The van der Waals surface area contributed by atoms with Crippen molar-refractivity contribution in [3.63, 3.8) is 0 Å². The summed E-state index contributed by atoms with van der Waals surface area (Å²) in [5.41, 5.74) is -1.03. The zero-order valence-corrected chi connectivity index (χ0v) is 27.7. The quantitative estimate of drug-likeness (QED) is 0.411. The van der Waals surface area contributed by atoms with Gasteiger partial charge in [-0.3, -0.25) is 0 Å². The molecule has 3 rings (SSSR count). The smallest absolute Gasteiger partial charge is 0.410 e. The zero-order chi connectivity index (χ0) is 32.2. The fourth-order valence-corrected chi connectivity index (χ4v) is 5.62. The summed E-state index contributed by atoms with van der Waals surface area (Å²) >= 11 is 5.50. The van der Waals surface area contributed by atoms with Gasteiger partial charge in [0.15, 0.2) is 0 Å². The monoisotopic (exact) mass is 623 g/mol. The molecular weight excluding hydrogens is 572 g/mol. The van der Waals surface area contributed by atoms with Crippen molar-refractivity contribution in [3.05, 3.63) is 34.9 Å². The number of aliphatic hydroxyl groups excluding tert-OH is 1. The number of aliphatic hydroxyl groups is 1. The molecule has 1 N–H and O–H groups in total. The fourth-order valence-electron chi connectivity index (χ4n) is 5.50. The van der Waals surface area contributed by atoms with E-state index in [2.05, 4.69) is 0 Å². The third-order valence-corrected chi connectivity index (χ3v) is 7.83. The van der Waals surface area contributed by atoms with Gasteiger partial charge in [-0.1, -0.05) is 75.1 Å². The fraction of sp³-hybridized carbons (Fsp3) is 0.727. The second-order valence-electron chi connectivity index (χ2n) is 13.7. The highest BCUT2D eigenvalue weighted by Gasteiger charge is 2.36.